The van der Waals surface area contributed by atoms with Crippen LogP contribution in [-0.2, 0) is 9.53 Å². The summed E-state index contributed by atoms with van der Waals surface area (Å²) in [6.45, 7) is 5.40. The Morgan fingerprint density at radius 2 is 1.79 bits per heavy atom. The Morgan fingerprint density at radius 1 is 1.17 bits per heavy atom. The average Bonchev–Trinajstić information content (AvgIpc) is 3.55. The second-order valence-corrected chi connectivity index (χ2v) is 8.68. The minimum Gasteiger partial charge on any atom is -0.411 e. The zero-order valence-corrected chi connectivity index (χ0v) is 18.2. The van der Waals surface area contributed by atoms with E-state index in [2.05, 4.69) is 22.1 Å². The summed E-state index contributed by atoms with van der Waals surface area (Å²) >= 11 is 5.99. The third-order valence-corrected chi connectivity index (χ3v) is 5.91. The zero-order valence-electron chi connectivity index (χ0n) is 17.5. The maximum absolute atomic E-state index is 13.1. The number of piperidine rings is 1. The van der Waals surface area contributed by atoms with Crippen LogP contribution in [0.15, 0.2) is 34.3 Å². The van der Waals surface area contributed by atoms with E-state index in [0.717, 1.165) is 43.8 Å². The number of carbonyl (C=O) groups is 1. The fraction of sp³-hybridized carbons (Fsp3) is 0.591. The van der Waals surface area contributed by atoms with Crippen LogP contribution in [0.25, 0.3) is 0 Å². The van der Waals surface area contributed by atoms with Crippen LogP contribution in [0.1, 0.15) is 51.0 Å². The lowest BCUT2D eigenvalue weighted by Crippen LogP contribution is -2.45. The number of amides is 1. The van der Waals surface area contributed by atoms with Gasteiger partial charge in [-0.05, 0) is 55.2 Å². The maximum Gasteiger partial charge on any atom is 0.289 e. The predicted octanol–water partition coefficient (Wildman–Crippen LogP) is 3.84. The molecule has 158 valence electrons. The van der Waals surface area contributed by atoms with Crippen LogP contribution in [0, 0.1) is 11.8 Å². The summed E-state index contributed by atoms with van der Waals surface area (Å²) in [7, 11) is 1.69. The Hall–Kier alpha value is -2.08. The first-order valence-electron chi connectivity index (χ1n) is 10.4. The minimum atomic E-state index is -0.542. The number of hydrogen-bond acceptors (Lipinski definition) is 4. The molecule has 2 N–H and O–H groups in total. The van der Waals surface area contributed by atoms with Crippen molar-refractivity contribution < 1.29 is 9.53 Å². The Balaban J connectivity index is 1.60. The summed E-state index contributed by atoms with van der Waals surface area (Å²) in [5, 5.41) is 0.747. The summed E-state index contributed by atoms with van der Waals surface area (Å²) in [4.78, 5) is 23.6. The Labute approximate surface area is 178 Å². The molecule has 0 bridgehead atoms. The van der Waals surface area contributed by atoms with Gasteiger partial charge in [0.15, 0.2) is 5.90 Å². The van der Waals surface area contributed by atoms with Crippen molar-refractivity contribution >= 4 is 29.4 Å². The molecule has 29 heavy (non-hydrogen) atoms. The van der Waals surface area contributed by atoms with Crippen LogP contribution in [-0.4, -0.2) is 48.9 Å². The summed E-state index contributed by atoms with van der Waals surface area (Å²) < 4.78 is 5.62. The number of aliphatic imine (C=N–C) groups is 2. The van der Waals surface area contributed by atoms with Crippen molar-refractivity contribution in [3.8, 4) is 0 Å². The number of carbonyl (C=O) groups excluding carboxylic acids is 1. The van der Waals surface area contributed by atoms with Gasteiger partial charge in [0.05, 0.1) is 0 Å². The van der Waals surface area contributed by atoms with E-state index in [0.29, 0.717) is 17.7 Å². The molecule has 1 atom stereocenters. The van der Waals surface area contributed by atoms with Gasteiger partial charge in [0.2, 0.25) is 5.91 Å². The molecule has 1 saturated carbocycles. The van der Waals surface area contributed by atoms with Crippen LogP contribution in [0.4, 0.5) is 0 Å². The van der Waals surface area contributed by atoms with E-state index < -0.39 is 6.04 Å². The predicted molar refractivity (Wildman–Crippen MR) is 117 cm³/mol. The second-order valence-electron chi connectivity index (χ2n) is 8.25. The van der Waals surface area contributed by atoms with Gasteiger partial charge >= 0.3 is 0 Å². The van der Waals surface area contributed by atoms with E-state index in [9.17, 15) is 4.79 Å². The van der Waals surface area contributed by atoms with Crippen molar-refractivity contribution in [1.29, 1.82) is 0 Å². The SMILES string of the molecule is CN=C(OC(N)=NC(C(=O)N1CCC(c2ccc(Cl)cc2)CC1)C(C)C)C1CC1. The fourth-order valence-corrected chi connectivity index (χ4v) is 3.88. The quantitative estimate of drug-likeness (QED) is 0.582. The third kappa shape index (κ3) is 5.72. The van der Waals surface area contributed by atoms with Gasteiger partial charge in [-0.3, -0.25) is 9.79 Å². The lowest BCUT2D eigenvalue weighted by molar-refractivity contribution is -0.134. The molecule has 2 fully saturated rings. The highest BCUT2D eigenvalue weighted by atomic mass is 35.5. The molecule has 1 aliphatic carbocycles. The molecule has 1 aromatic carbocycles. The fourth-order valence-electron chi connectivity index (χ4n) is 3.76. The molecule has 1 unspecified atom stereocenters. The first-order chi connectivity index (χ1) is 13.9. The summed E-state index contributed by atoms with van der Waals surface area (Å²) in [6, 6.07) is 7.50. The van der Waals surface area contributed by atoms with Crippen molar-refractivity contribution in [2.75, 3.05) is 20.1 Å². The molecule has 1 aromatic rings. The van der Waals surface area contributed by atoms with Crippen LogP contribution in [0.3, 0.4) is 0 Å². The first kappa shape index (κ1) is 21.6. The lowest BCUT2D eigenvalue weighted by atomic mass is 9.89. The summed E-state index contributed by atoms with van der Waals surface area (Å²) in [5.41, 5.74) is 7.28. The van der Waals surface area contributed by atoms with E-state index in [4.69, 9.17) is 22.1 Å². The molecule has 7 heteroatoms. The number of rotatable bonds is 5. The molecule has 1 amide bonds. The standard InChI is InChI=1S/C22H31ClN4O2/c1-14(2)19(26-22(24)29-20(25-3)17-4-5-17)21(28)27-12-10-16(11-13-27)15-6-8-18(23)9-7-15/h6-9,14,16-17,19H,4-5,10-13H2,1-3H3,(H2,24,26). The zero-order chi connectivity index (χ0) is 21.0. The van der Waals surface area contributed by atoms with E-state index in [1.807, 2.05) is 30.9 Å². The number of halogens is 1. The number of amidine groups is 1. The molecular weight excluding hydrogens is 388 g/mol. The number of nitrogens with zero attached hydrogens (tertiary/aromatic N) is 3. The monoisotopic (exact) mass is 418 g/mol. The van der Waals surface area contributed by atoms with E-state index in [1.165, 1.54) is 5.56 Å². The number of likely N-dealkylation sites (tertiary alicyclic amines) is 1. The molecule has 3 rings (SSSR count). The highest BCUT2D eigenvalue weighted by Crippen LogP contribution is 2.31. The topological polar surface area (TPSA) is 80.3 Å². The van der Waals surface area contributed by atoms with Crippen molar-refractivity contribution in [3.63, 3.8) is 0 Å². The van der Waals surface area contributed by atoms with Crippen LogP contribution in [0.2, 0.25) is 5.02 Å². The smallest absolute Gasteiger partial charge is 0.289 e. The van der Waals surface area contributed by atoms with Crippen molar-refractivity contribution in [2.45, 2.75) is 51.5 Å². The van der Waals surface area contributed by atoms with Crippen molar-refractivity contribution in [3.05, 3.63) is 34.9 Å². The Kier molecular flexibility index (Phi) is 7.17. The number of benzene rings is 1. The summed E-state index contributed by atoms with van der Waals surface area (Å²) in [6.07, 6.45) is 3.99. The highest BCUT2D eigenvalue weighted by molar-refractivity contribution is 6.30. The van der Waals surface area contributed by atoms with Crippen LogP contribution < -0.4 is 5.73 Å². The van der Waals surface area contributed by atoms with Gasteiger partial charge in [0.1, 0.15) is 6.04 Å². The largest absolute Gasteiger partial charge is 0.411 e. The molecular formula is C22H31ClN4O2. The number of hydrogen-bond donors (Lipinski definition) is 1. The minimum absolute atomic E-state index is 0.0162. The van der Waals surface area contributed by atoms with E-state index in [1.54, 1.807) is 7.05 Å². The molecule has 0 spiro atoms. The maximum atomic E-state index is 13.1. The number of ether oxygens (including phenoxy) is 1. The van der Waals surface area contributed by atoms with Gasteiger partial charge in [-0.25, -0.2) is 4.99 Å². The van der Waals surface area contributed by atoms with Gasteiger partial charge in [-0.1, -0.05) is 37.6 Å². The molecule has 2 aliphatic rings. The van der Waals surface area contributed by atoms with Gasteiger partial charge in [0, 0.05) is 31.1 Å². The summed E-state index contributed by atoms with van der Waals surface area (Å²) in [5.74, 6) is 1.45. The van der Waals surface area contributed by atoms with Crippen LogP contribution >= 0.6 is 11.6 Å². The second kappa shape index (κ2) is 9.61. The molecule has 1 heterocycles. The van der Waals surface area contributed by atoms with E-state index >= 15 is 0 Å². The highest BCUT2D eigenvalue weighted by Gasteiger charge is 2.32. The van der Waals surface area contributed by atoms with E-state index in [-0.39, 0.29) is 17.8 Å². The lowest BCUT2D eigenvalue weighted by Gasteiger charge is -2.34. The molecule has 0 radical (unpaired) electrons. The van der Waals surface area contributed by atoms with Crippen molar-refractivity contribution in [1.82, 2.24) is 4.90 Å². The van der Waals surface area contributed by atoms with Gasteiger partial charge in [-0.15, -0.1) is 0 Å². The average molecular weight is 419 g/mol. The van der Waals surface area contributed by atoms with Gasteiger partial charge in [0.25, 0.3) is 6.02 Å². The van der Waals surface area contributed by atoms with Gasteiger partial charge in [-0.2, -0.15) is 0 Å². The first-order valence-corrected chi connectivity index (χ1v) is 10.8. The van der Waals surface area contributed by atoms with Gasteiger partial charge < -0.3 is 15.4 Å². The normalized spacial score (nSPS) is 20.1. The molecule has 6 nitrogen and oxygen atoms in total. The molecule has 0 aromatic heterocycles. The number of nitrogens with two attached hydrogens (primary N) is 1. The molecule has 1 saturated heterocycles. The third-order valence-electron chi connectivity index (χ3n) is 5.65. The van der Waals surface area contributed by atoms with Crippen LogP contribution in [0.5, 0.6) is 0 Å². The molecule has 1 aliphatic heterocycles. The Bertz CT molecular complexity index is 764. The van der Waals surface area contributed by atoms with Crippen molar-refractivity contribution in [2.24, 2.45) is 27.6 Å². The Morgan fingerprint density at radius 3 is 2.31 bits per heavy atom.